The number of carbonyl (C=O) groups excluding carboxylic acids is 1. The molecule has 1 aliphatic rings. The zero-order valence-electron chi connectivity index (χ0n) is 13.6. The van der Waals surface area contributed by atoms with E-state index in [0.717, 1.165) is 37.5 Å². The molecular formula is C18H28N2O. The van der Waals surface area contributed by atoms with Crippen molar-refractivity contribution in [2.75, 3.05) is 26.7 Å². The summed E-state index contributed by atoms with van der Waals surface area (Å²) in [6.45, 7) is 7.15. The molecule has 1 heterocycles. The Labute approximate surface area is 128 Å². The van der Waals surface area contributed by atoms with Crippen LogP contribution in [-0.2, 0) is 10.2 Å². The Hall–Kier alpha value is -1.35. The Morgan fingerprint density at radius 2 is 1.86 bits per heavy atom. The van der Waals surface area contributed by atoms with E-state index < -0.39 is 5.41 Å². The number of rotatable bonds is 5. The lowest BCUT2D eigenvalue weighted by Gasteiger charge is -2.31. The zero-order valence-corrected chi connectivity index (χ0v) is 13.6. The SMILES string of the molecule is CN(CCC1CCNCC1)C(=O)C(C)(C)c1ccccc1. The molecule has 1 fully saturated rings. The second-order valence-corrected chi connectivity index (χ2v) is 6.70. The first-order valence-electron chi connectivity index (χ1n) is 8.03. The fraction of sp³-hybridized carbons (Fsp3) is 0.611. The highest BCUT2D eigenvalue weighted by Gasteiger charge is 2.32. The molecule has 2 rings (SSSR count). The lowest BCUT2D eigenvalue weighted by atomic mass is 9.83. The highest BCUT2D eigenvalue weighted by atomic mass is 16.2. The van der Waals surface area contributed by atoms with Crippen LogP contribution in [0, 0.1) is 5.92 Å². The van der Waals surface area contributed by atoms with Crippen LogP contribution < -0.4 is 5.32 Å². The van der Waals surface area contributed by atoms with Gasteiger partial charge in [-0.3, -0.25) is 4.79 Å². The third kappa shape index (κ3) is 4.07. The van der Waals surface area contributed by atoms with E-state index in [9.17, 15) is 4.79 Å². The molecule has 1 saturated heterocycles. The average Bonchev–Trinajstić information content (AvgIpc) is 2.53. The van der Waals surface area contributed by atoms with Gasteiger partial charge in [-0.05, 0) is 57.7 Å². The smallest absolute Gasteiger partial charge is 0.232 e. The van der Waals surface area contributed by atoms with E-state index in [4.69, 9.17) is 0 Å². The Morgan fingerprint density at radius 1 is 1.24 bits per heavy atom. The standard InChI is InChI=1S/C18H28N2O/c1-18(2,16-7-5-4-6-8-16)17(21)20(3)14-11-15-9-12-19-13-10-15/h4-8,15,19H,9-14H2,1-3H3. The first-order valence-corrected chi connectivity index (χ1v) is 8.03. The van der Waals surface area contributed by atoms with E-state index in [2.05, 4.69) is 5.32 Å². The number of piperidine rings is 1. The second kappa shape index (κ2) is 7.08. The lowest BCUT2D eigenvalue weighted by Crippen LogP contribution is -2.42. The van der Waals surface area contributed by atoms with Crippen molar-refractivity contribution >= 4 is 5.91 Å². The average molecular weight is 288 g/mol. The van der Waals surface area contributed by atoms with Gasteiger partial charge in [0.2, 0.25) is 5.91 Å². The summed E-state index contributed by atoms with van der Waals surface area (Å²) in [5.41, 5.74) is 0.633. The molecule has 0 aromatic heterocycles. The van der Waals surface area contributed by atoms with E-state index in [-0.39, 0.29) is 5.91 Å². The molecule has 3 heteroatoms. The highest BCUT2D eigenvalue weighted by molar-refractivity contribution is 5.87. The Bertz CT molecular complexity index is 450. The summed E-state index contributed by atoms with van der Waals surface area (Å²) < 4.78 is 0. The van der Waals surface area contributed by atoms with Gasteiger partial charge < -0.3 is 10.2 Å². The summed E-state index contributed by atoms with van der Waals surface area (Å²) in [6, 6.07) is 10.1. The van der Waals surface area contributed by atoms with Crippen LogP contribution in [0.4, 0.5) is 0 Å². The first kappa shape index (κ1) is 16.0. The molecule has 0 aliphatic carbocycles. The van der Waals surface area contributed by atoms with Gasteiger partial charge in [-0.1, -0.05) is 30.3 Å². The van der Waals surface area contributed by atoms with Crippen molar-refractivity contribution in [2.45, 2.75) is 38.5 Å². The maximum Gasteiger partial charge on any atom is 0.232 e. The van der Waals surface area contributed by atoms with Crippen molar-refractivity contribution in [3.8, 4) is 0 Å². The maximum atomic E-state index is 12.8. The van der Waals surface area contributed by atoms with Crippen LogP contribution in [0.3, 0.4) is 0 Å². The molecule has 0 atom stereocenters. The van der Waals surface area contributed by atoms with E-state index in [1.807, 2.05) is 56.1 Å². The van der Waals surface area contributed by atoms with Crippen molar-refractivity contribution < 1.29 is 4.79 Å². The number of hydrogen-bond donors (Lipinski definition) is 1. The predicted octanol–water partition coefficient (Wildman–Crippen LogP) is 2.81. The van der Waals surface area contributed by atoms with Gasteiger partial charge in [-0.25, -0.2) is 0 Å². The summed E-state index contributed by atoms with van der Waals surface area (Å²) in [7, 11) is 1.94. The number of amides is 1. The van der Waals surface area contributed by atoms with Crippen LogP contribution in [-0.4, -0.2) is 37.5 Å². The van der Waals surface area contributed by atoms with Crippen LogP contribution in [0.2, 0.25) is 0 Å². The third-order valence-electron chi connectivity index (χ3n) is 4.71. The maximum absolute atomic E-state index is 12.8. The van der Waals surface area contributed by atoms with Gasteiger partial charge in [0.15, 0.2) is 0 Å². The fourth-order valence-corrected chi connectivity index (χ4v) is 3.10. The molecule has 0 radical (unpaired) electrons. The van der Waals surface area contributed by atoms with Crippen LogP contribution in [0.15, 0.2) is 30.3 Å². The number of likely N-dealkylation sites (N-methyl/N-ethyl adjacent to an activating group) is 1. The number of benzene rings is 1. The molecule has 1 amide bonds. The monoisotopic (exact) mass is 288 g/mol. The van der Waals surface area contributed by atoms with E-state index in [1.54, 1.807) is 0 Å². The minimum absolute atomic E-state index is 0.211. The number of nitrogens with one attached hydrogen (secondary N) is 1. The number of hydrogen-bond acceptors (Lipinski definition) is 2. The summed E-state index contributed by atoms with van der Waals surface area (Å²) in [4.78, 5) is 14.7. The Balaban J connectivity index is 1.91. The van der Waals surface area contributed by atoms with Crippen molar-refractivity contribution in [1.82, 2.24) is 10.2 Å². The van der Waals surface area contributed by atoms with E-state index >= 15 is 0 Å². The normalized spacial score (nSPS) is 16.7. The highest BCUT2D eigenvalue weighted by Crippen LogP contribution is 2.25. The summed E-state index contributed by atoms with van der Waals surface area (Å²) >= 11 is 0. The van der Waals surface area contributed by atoms with Gasteiger partial charge in [0.25, 0.3) is 0 Å². The van der Waals surface area contributed by atoms with E-state index in [1.165, 1.54) is 12.8 Å². The van der Waals surface area contributed by atoms with Crippen molar-refractivity contribution in [2.24, 2.45) is 5.92 Å². The molecule has 21 heavy (non-hydrogen) atoms. The van der Waals surface area contributed by atoms with Gasteiger partial charge in [0.1, 0.15) is 0 Å². The minimum Gasteiger partial charge on any atom is -0.345 e. The molecule has 0 spiro atoms. The largest absolute Gasteiger partial charge is 0.345 e. The minimum atomic E-state index is -0.454. The number of carbonyl (C=O) groups is 1. The third-order valence-corrected chi connectivity index (χ3v) is 4.71. The summed E-state index contributed by atoms with van der Waals surface area (Å²) in [6.07, 6.45) is 3.60. The van der Waals surface area contributed by atoms with E-state index in [0.29, 0.717) is 0 Å². The molecule has 0 saturated carbocycles. The quantitative estimate of drug-likeness (QED) is 0.903. The predicted molar refractivity (Wildman–Crippen MR) is 87.3 cm³/mol. The molecule has 3 nitrogen and oxygen atoms in total. The molecule has 1 aromatic rings. The van der Waals surface area contributed by atoms with Crippen molar-refractivity contribution in [1.29, 1.82) is 0 Å². The molecule has 1 aromatic carbocycles. The first-order chi connectivity index (χ1) is 10.0. The molecular weight excluding hydrogens is 260 g/mol. The van der Waals surface area contributed by atoms with Gasteiger partial charge in [-0.15, -0.1) is 0 Å². The Kier molecular flexibility index (Phi) is 5.40. The lowest BCUT2D eigenvalue weighted by molar-refractivity contribution is -0.135. The van der Waals surface area contributed by atoms with Gasteiger partial charge in [0, 0.05) is 13.6 Å². The topological polar surface area (TPSA) is 32.3 Å². The van der Waals surface area contributed by atoms with Crippen LogP contribution in [0.25, 0.3) is 0 Å². The fourth-order valence-electron chi connectivity index (χ4n) is 3.10. The van der Waals surface area contributed by atoms with Gasteiger partial charge >= 0.3 is 0 Å². The molecule has 1 aliphatic heterocycles. The number of nitrogens with zero attached hydrogens (tertiary/aromatic N) is 1. The molecule has 116 valence electrons. The Morgan fingerprint density at radius 3 is 2.48 bits per heavy atom. The van der Waals surface area contributed by atoms with Gasteiger partial charge in [-0.2, -0.15) is 0 Å². The molecule has 0 unspecified atom stereocenters. The van der Waals surface area contributed by atoms with Crippen molar-refractivity contribution in [3.63, 3.8) is 0 Å². The van der Waals surface area contributed by atoms with Crippen molar-refractivity contribution in [3.05, 3.63) is 35.9 Å². The summed E-state index contributed by atoms with van der Waals surface area (Å²) in [5, 5.41) is 3.39. The van der Waals surface area contributed by atoms with Crippen LogP contribution in [0.1, 0.15) is 38.7 Å². The van der Waals surface area contributed by atoms with Crippen LogP contribution >= 0.6 is 0 Å². The second-order valence-electron chi connectivity index (χ2n) is 6.70. The van der Waals surface area contributed by atoms with Gasteiger partial charge in [0.05, 0.1) is 5.41 Å². The van der Waals surface area contributed by atoms with Crippen LogP contribution in [0.5, 0.6) is 0 Å². The molecule has 1 N–H and O–H groups in total. The molecule has 0 bridgehead atoms. The zero-order chi connectivity index (χ0) is 15.3. The summed E-state index contributed by atoms with van der Waals surface area (Å²) in [5.74, 6) is 0.976.